The molecule has 1 heterocycles. The van der Waals surface area contributed by atoms with E-state index in [0.29, 0.717) is 6.54 Å². The van der Waals surface area contributed by atoms with Gasteiger partial charge < -0.3 is 19.9 Å². The molecule has 0 atom stereocenters. The van der Waals surface area contributed by atoms with Gasteiger partial charge in [0.15, 0.2) is 5.96 Å². The third-order valence-electron chi connectivity index (χ3n) is 3.74. The summed E-state index contributed by atoms with van der Waals surface area (Å²) in [7, 11) is 0. The summed E-state index contributed by atoms with van der Waals surface area (Å²) in [5.74, 6) is 1.71. The lowest BCUT2D eigenvalue weighted by Gasteiger charge is -2.23. The molecule has 0 fully saturated rings. The Kier molecular flexibility index (Phi) is 10.9. The van der Waals surface area contributed by atoms with Gasteiger partial charge in [0.25, 0.3) is 0 Å². The highest BCUT2D eigenvalue weighted by Crippen LogP contribution is 2.23. The van der Waals surface area contributed by atoms with Crippen LogP contribution < -0.4 is 15.4 Å². The van der Waals surface area contributed by atoms with Crippen molar-refractivity contribution in [1.29, 1.82) is 0 Å². The number of aryl methyl sites for hydroxylation is 1. The maximum atomic E-state index is 6.05. The lowest BCUT2D eigenvalue weighted by molar-refractivity contribution is 0.129. The number of aromatic nitrogens is 3. The average Bonchev–Trinajstić information content (AvgIpc) is 3.12. The number of aliphatic imine (C=N–C) groups is 1. The second-order valence-electron chi connectivity index (χ2n) is 7.35. The molecule has 7 nitrogen and oxygen atoms in total. The van der Waals surface area contributed by atoms with Crippen LogP contribution in [0.25, 0.3) is 0 Å². The highest BCUT2D eigenvalue weighted by Gasteiger charge is 2.14. The molecule has 0 aliphatic heterocycles. The Morgan fingerprint density at radius 1 is 1.11 bits per heavy atom. The molecule has 0 aliphatic carbocycles. The van der Waals surface area contributed by atoms with Gasteiger partial charge in [0.05, 0.1) is 6.54 Å². The lowest BCUT2D eigenvalue weighted by atomic mass is 10.1. The Morgan fingerprint density at radius 3 is 2.50 bits per heavy atom. The summed E-state index contributed by atoms with van der Waals surface area (Å²) < 4.78 is 8.04. The number of halogens is 1. The maximum Gasteiger partial charge on any atom is 0.191 e. The largest absolute Gasteiger partial charge is 0.488 e. The van der Waals surface area contributed by atoms with Crippen molar-refractivity contribution >= 4 is 29.9 Å². The van der Waals surface area contributed by atoms with Crippen LogP contribution in [0.15, 0.2) is 41.9 Å². The monoisotopic (exact) mass is 500 g/mol. The van der Waals surface area contributed by atoms with E-state index >= 15 is 0 Å². The molecule has 156 valence electrons. The number of para-hydroxylation sites is 1. The average molecular weight is 500 g/mol. The molecule has 0 saturated carbocycles. The summed E-state index contributed by atoms with van der Waals surface area (Å²) in [6.07, 6.45) is 5.60. The van der Waals surface area contributed by atoms with Gasteiger partial charge in [0, 0.05) is 25.2 Å². The van der Waals surface area contributed by atoms with Crippen molar-refractivity contribution in [3.05, 3.63) is 42.5 Å². The van der Waals surface area contributed by atoms with Crippen LogP contribution in [0, 0.1) is 0 Å². The normalized spacial score (nSPS) is 11.6. The summed E-state index contributed by atoms with van der Waals surface area (Å²) in [5, 5.41) is 14.3. The van der Waals surface area contributed by atoms with E-state index in [1.165, 1.54) is 0 Å². The third-order valence-corrected chi connectivity index (χ3v) is 3.74. The number of unbranched alkanes of at least 4 members (excludes halogenated alkanes) is 1. The van der Waals surface area contributed by atoms with Crippen LogP contribution in [0.4, 0.5) is 0 Å². The number of nitrogens with zero attached hydrogens (tertiary/aromatic N) is 4. The topological polar surface area (TPSA) is 76.4 Å². The number of hydrogen-bond acceptors (Lipinski definition) is 4. The number of ether oxygens (including phenoxy) is 1. The first-order valence-corrected chi connectivity index (χ1v) is 9.59. The summed E-state index contributed by atoms with van der Waals surface area (Å²) in [6, 6.07) is 8.08. The molecule has 8 heteroatoms. The SMILES string of the molecule is CCNC(=NCc1ccccc1OC(C)(C)C)NCCCCn1cnnc1.I. The number of hydrogen-bond donors (Lipinski definition) is 2. The molecule has 2 N–H and O–H groups in total. The van der Waals surface area contributed by atoms with E-state index in [9.17, 15) is 0 Å². The molecule has 0 saturated heterocycles. The van der Waals surface area contributed by atoms with E-state index in [0.717, 1.165) is 49.7 Å². The Bertz CT molecular complexity index is 697. The Balaban J connectivity index is 0.00000392. The zero-order valence-corrected chi connectivity index (χ0v) is 19.6. The third kappa shape index (κ3) is 9.38. The van der Waals surface area contributed by atoms with Crippen molar-refractivity contribution in [2.45, 2.75) is 59.2 Å². The first kappa shape index (κ1) is 24.2. The van der Waals surface area contributed by atoms with Gasteiger partial charge in [-0.2, -0.15) is 0 Å². The summed E-state index contributed by atoms with van der Waals surface area (Å²) in [5.41, 5.74) is 0.852. The fourth-order valence-electron chi connectivity index (χ4n) is 2.53. The number of guanidine groups is 1. The minimum Gasteiger partial charge on any atom is -0.488 e. The van der Waals surface area contributed by atoms with Gasteiger partial charge in [-0.25, -0.2) is 4.99 Å². The van der Waals surface area contributed by atoms with Crippen molar-refractivity contribution in [2.24, 2.45) is 4.99 Å². The first-order valence-electron chi connectivity index (χ1n) is 9.59. The van der Waals surface area contributed by atoms with Gasteiger partial charge >= 0.3 is 0 Å². The second kappa shape index (κ2) is 12.6. The quantitative estimate of drug-likeness (QED) is 0.238. The van der Waals surface area contributed by atoms with Gasteiger partial charge in [-0.1, -0.05) is 18.2 Å². The molecule has 1 aromatic carbocycles. The molecule has 0 aliphatic rings. The fourth-order valence-corrected chi connectivity index (χ4v) is 2.53. The standard InChI is InChI=1S/C20H32N6O.HI/c1-5-21-19(22-12-8-9-13-26-15-24-25-16-26)23-14-17-10-6-7-11-18(17)27-20(2,3)4;/h6-7,10-11,15-16H,5,8-9,12-14H2,1-4H3,(H2,21,22,23);1H. The van der Waals surface area contributed by atoms with Crippen molar-refractivity contribution < 1.29 is 4.74 Å². The smallest absolute Gasteiger partial charge is 0.191 e. The molecular weight excluding hydrogens is 467 g/mol. The van der Waals surface area contributed by atoms with Gasteiger partial charge in [0.2, 0.25) is 0 Å². The zero-order valence-electron chi connectivity index (χ0n) is 17.3. The lowest BCUT2D eigenvalue weighted by Crippen LogP contribution is -2.37. The van der Waals surface area contributed by atoms with Crippen molar-refractivity contribution in [3.8, 4) is 5.75 Å². The van der Waals surface area contributed by atoms with Crippen LogP contribution in [-0.4, -0.2) is 39.4 Å². The molecule has 0 amide bonds. The van der Waals surface area contributed by atoms with Crippen molar-refractivity contribution in [3.63, 3.8) is 0 Å². The number of nitrogens with one attached hydrogen (secondary N) is 2. The first-order chi connectivity index (χ1) is 13.0. The van der Waals surface area contributed by atoms with Crippen LogP contribution >= 0.6 is 24.0 Å². The van der Waals surface area contributed by atoms with Gasteiger partial charge in [-0.3, -0.25) is 0 Å². The summed E-state index contributed by atoms with van der Waals surface area (Å²) in [6.45, 7) is 11.4. The van der Waals surface area contributed by atoms with E-state index in [-0.39, 0.29) is 29.6 Å². The molecule has 2 aromatic rings. The van der Waals surface area contributed by atoms with E-state index in [4.69, 9.17) is 9.73 Å². The highest BCUT2D eigenvalue weighted by molar-refractivity contribution is 14.0. The molecule has 0 unspecified atom stereocenters. The van der Waals surface area contributed by atoms with Crippen LogP contribution in [0.5, 0.6) is 5.75 Å². The van der Waals surface area contributed by atoms with E-state index < -0.39 is 0 Å². The fraction of sp³-hybridized carbons (Fsp3) is 0.550. The van der Waals surface area contributed by atoms with E-state index in [1.807, 2.05) is 22.8 Å². The van der Waals surface area contributed by atoms with Gasteiger partial charge in [-0.15, -0.1) is 34.2 Å². The Hall–Kier alpha value is -1.84. The highest BCUT2D eigenvalue weighted by atomic mass is 127. The van der Waals surface area contributed by atoms with Crippen LogP contribution in [0.2, 0.25) is 0 Å². The summed E-state index contributed by atoms with van der Waals surface area (Å²) in [4.78, 5) is 4.71. The van der Waals surface area contributed by atoms with Crippen LogP contribution in [0.3, 0.4) is 0 Å². The molecular formula is C20H33IN6O. The van der Waals surface area contributed by atoms with Gasteiger partial charge in [-0.05, 0) is 46.6 Å². The maximum absolute atomic E-state index is 6.05. The predicted molar refractivity (Wildman–Crippen MR) is 124 cm³/mol. The minimum atomic E-state index is -0.229. The number of rotatable bonds is 9. The van der Waals surface area contributed by atoms with Crippen molar-refractivity contribution in [2.75, 3.05) is 13.1 Å². The molecule has 2 rings (SSSR count). The molecule has 0 radical (unpaired) electrons. The molecule has 28 heavy (non-hydrogen) atoms. The van der Waals surface area contributed by atoms with Crippen LogP contribution in [-0.2, 0) is 13.1 Å². The number of benzene rings is 1. The van der Waals surface area contributed by atoms with E-state index in [1.54, 1.807) is 12.7 Å². The second-order valence-corrected chi connectivity index (χ2v) is 7.35. The van der Waals surface area contributed by atoms with Crippen molar-refractivity contribution in [1.82, 2.24) is 25.4 Å². The van der Waals surface area contributed by atoms with E-state index in [2.05, 4.69) is 54.6 Å². The molecule has 1 aromatic heterocycles. The summed E-state index contributed by atoms with van der Waals surface area (Å²) >= 11 is 0. The molecule has 0 bridgehead atoms. The zero-order chi connectivity index (χ0) is 19.5. The predicted octanol–water partition coefficient (Wildman–Crippen LogP) is 3.61. The van der Waals surface area contributed by atoms with Gasteiger partial charge in [0.1, 0.15) is 24.0 Å². The Labute approximate surface area is 185 Å². The van der Waals surface area contributed by atoms with Crippen LogP contribution in [0.1, 0.15) is 46.1 Å². The Morgan fingerprint density at radius 2 is 1.82 bits per heavy atom. The minimum absolute atomic E-state index is 0. The molecule has 0 spiro atoms.